The lowest BCUT2D eigenvalue weighted by Gasteiger charge is -1.98. The quantitative estimate of drug-likeness (QED) is 0.692. The monoisotopic (exact) mass is 228 g/mol. The van der Waals surface area contributed by atoms with E-state index in [1.807, 2.05) is 10.4 Å². The van der Waals surface area contributed by atoms with Crippen molar-refractivity contribution in [2.75, 3.05) is 0 Å². The zero-order valence-electron chi connectivity index (χ0n) is 6.25. The zero-order chi connectivity index (χ0) is 8.10. The molecule has 0 aromatic heterocycles. The van der Waals surface area contributed by atoms with Crippen molar-refractivity contribution < 1.29 is 0 Å². The SMILES string of the molecule is Cc1ccccc1SC=CBr. The van der Waals surface area contributed by atoms with Crippen molar-refractivity contribution in [1.82, 2.24) is 0 Å². The van der Waals surface area contributed by atoms with Crippen molar-refractivity contribution in [1.29, 1.82) is 0 Å². The molecular weight excluding hydrogens is 220 g/mol. The third-order valence-electron chi connectivity index (χ3n) is 1.34. The molecule has 0 heterocycles. The Hall–Kier alpha value is -0.210. The van der Waals surface area contributed by atoms with Crippen LogP contribution < -0.4 is 0 Å². The topological polar surface area (TPSA) is 0 Å². The van der Waals surface area contributed by atoms with Gasteiger partial charge in [0, 0.05) is 4.90 Å². The highest BCUT2D eigenvalue weighted by Gasteiger charge is 1.92. The van der Waals surface area contributed by atoms with Crippen molar-refractivity contribution in [3.05, 3.63) is 40.2 Å². The van der Waals surface area contributed by atoms with Crippen molar-refractivity contribution in [3.63, 3.8) is 0 Å². The van der Waals surface area contributed by atoms with Crippen LogP contribution in [0.1, 0.15) is 5.56 Å². The molecule has 0 amide bonds. The normalized spacial score (nSPS) is 10.7. The first kappa shape index (κ1) is 8.88. The van der Waals surface area contributed by atoms with Crippen LogP contribution in [0.3, 0.4) is 0 Å². The largest absolute Gasteiger partial charge is 0.0973 e. The molecule has 0 spiro atoms. The third-order valence-corrected chi connectivity index (χ3v) is 2.94. The molecule has 0 fully saturated rings. The third kappa shape index (κ3) is 2.72. The fourth-order valence-corrected chi connectivity index (χ4v) is 1.72. The van der Waals surface area contributed by atoms with Gasteiger partial charge in [0.1, 0.15) is 0 Å². The van der Waals surface area contributed by atoms with Crippen LogP contribution in [0.2, 0.25) is 0 Å². The molecule has 0 saturated carbocycles. The highest BCUT2D eigenvalue weighted by molar-refractivity contribution is 9.11. The Bertz CT molecular complexity index is 255. The number of rotatable bonds is 2. The van der Waals surface area contributed by atoms with Gasteiger partial charge in [-0.05, 0) is 28.9 Å². The molecule has 11 heavy (non-hydrogen) atoms. The maximum absolute atomic E-state index is 3.23. The van der Waals surface area contributed by atoms with Crippen LogP contribution in [0.25, 0.3) is 0 Å². The van der Waals surface area contributed by atoms with Crippen molar-refractivity contribution in [2.24, 2.45) is 0 Å². The number of halogens is 1. The molecule has 0 saturated heterocycles. The molecule has 2 heteroatoms. The Balaban J connectivity index is 2.77. The fraction of sp³-hybridized carbons (Fsp3) is 0.111. The summed E-state index contributed by atoms with van der Waals surface area (Å²) in [7, 11) is 0. The van der Waals surface area contributed by atoms with Gasteiger partial charge in [0.05, 0.1) is 0 Å². The van der Waals surface area contributed by atoms with Gasteiger partial charge in [-0.2, -0.15) is 0 Å². The van der Waals surface area contributed by atoms with Crippen LogP contribution in [0.15, 0.2) is 39.6 Å². The maximum atomic E-state index is 3.23. The molecule has 0 unspecified atom stereocenters. The van der Waals surface area contributed by atoms with Gasteiger partial charge in [0.2, 0.25) is 0 Å². The van der Waals surface area contributed by atoms with Crippen LogP contribution >= 0.6 is 27.7 Å². The van der Waals surface area contributed by atoms with E-state index < -0.39 is 0 Å². The van der Waals surface area contributed by atoms with Gasteiger partial charge in [-0.3, -0.25) is 0 Å². The zero-order valence-corrected chi connectivity index (χ0v) is 8.65. The number of thioether (sulfide) groups is 1. The number of benzene rings is 1. The van der Waals surface area contributed by atoms with Gasteiger partial charge in [-0.25, -0.2) is 0 Å². The van der Waals surface area contributed by atoms with Gasteiger partial charge in [0.25, 0.3) is 0 Å². The summed E-state index contributed by atoms with van der Waals surface area (Å²) in [6.45, 7) is 2.12. The molecule has 0 aliphatic rings. The number of aryl methyl sites for hydroxylation is 1. The molecule has 58 valence electrons. The van der Waals surface area contributed by atoms with Crippen molar-refractivity contribution >= 4 is 27.7 Å². The highest BCUT2D eigenvalue weighted by atomic mass is 79.9. The Labute approximate surface area is 79.8 Å². The minimum Gasteiger partial charge on any atom is -0.0973 e. The van der Waals surface area contributed by atoms with E-state index >= 15 is 0 Å². The molecule has 1 aromatic rings. The van der Waals surface area contributed by atoms with E-state index in [4.69, 9.17) is 0 Å². The Morgan fingerprint density at radius 3 is 2.73 bits per heavy atom. The summed E-state index contributed by atoms with van der Waals surface area (Å²) < 4.78 is 0. The molecule has 0 aliphatic heterocycles. The molecule has 0 radical (unpaired) electrons. The van der Waals surface area contributed by atoms with Crippen molar-refractivity contribution in [3.8, 4) is 0 Å². The average molecular weight is 229 g/mol. The van der Waals surface area contributed by atoms with E-state index in [9.17, 15) is 0 Å². The smallest absolute Gasteiger partial charge is 0.0145 e. The molecule has 0 aliphatic carbocycles. The van der Waals surface area contributed by atoms with Crippen molar-refractivity contribution in [2.45, 2.75) is 11.8 Å². The van der Waals surface area contributed by atoms with Crippen LogP contribution in [0.4, 0.5) is 0 Å². The minimum atomic E-state index is 1.31. The first-order chi connectivity index (χ1) is 5.34. The second-order valence-corrected chi connectivity index (χ2v) is 3.62. The maximum Gasteiger partial charge on any atom is 0.0145 e. The van der Waals surface area contributed by atoms with E-state index in [0.717, 1.165) is 0 Å². The van der Waals surface area contributed by atoms with Gasteiger partial charge in [0.15, 0.2) is 0 Å². The fourth-order valence-electron chi connectivity index (χ4n) is 0.788. The summed E-state index contributed by atoms with van der Waals surface area (Å²) in [5, 5.41) is 2.02. The predicted octanol–water partition coefficient (Wildman–Crippen LogP) is 3.95. The molecule has 0 bridgehead atoms. The first-order valence-corrected chi connectivity index (χ1v) is 5.11. The van der Waals surface area contributed by atoms with Gasteiger partial charge in [-0.1, -0.05) is 45.9 Å². The summed E-state index contributed by atoms with van der Waals surface area (Å²) in [4.78, 5) is 3.17. The van der Waals surface area contributed by atoms with Crippen LogP contribution in [0, 0.1) is 6.92 Å². The molecule has 0 nitrogen and oxygen atoms in total. The van der Waals surface area contributed by atoms with E-state index in [-0.39, 0.29) is 0 Å². The van der Waals surface area contributed by atoms with E-state index in [2.05, 4.69) is 47.1 Å². The molecule has 0 N–H and O–H groups in total. The Morgan fingerprint density at radius 1 is 1.36 bits per heavy atom. The van der Waals surface area contributed by atoms with Gasteiger partial charge in [-0.15, -0.1) is 0 Å². The lowest BCUT2D eigenvalue weighted by Crippen LogP contribution is -1.74. The first-order valence-electron chi connectivity index (χ1n) is 3.32. The second-order valence-electron chi connectivity index (χ2n) is 2.15. The second kappa shape index (κ2) is 4.62. The van der Waals surface area contributed by atoms with Gasteiger partial charge < -0.3 is 0 Å². The standard InChI is InChI=1S/C9H9BrS/c1-8-4-2-3-5-9(8)11-7-6-10/h2-7H,1H3. The van der Waals surface area contributed by atoms with Crippen LogP contribution in [-0.2, 0) is 0 Å². The summed E-state index contributed by atoms with van der Waals surface area (Å²) in [5.41, 5.74) is 1.32. The van der Waals surface area contributed by atoms with E-state index in [1.54, 1.807) is 11.8 Å². The summed E-state index contributed by atoms with van der Waals surface area (Å²) >= 11 is 4.95. The Kier molecular flexibility index (Phi) is 3.73. The average Bonchev–Trinajstić information content (AvgIpc) is 2.03. The molecule has 1 rings (SSSR count). The molecule has 1 aromatic carbocycles. The van der Waals surface area contributed by atoms with E-state index in [0.29, 0.717) is 0 Å². The van der Waals surface area contributed by atoms with Crippen LogP contribution in [-0.4, -0.2) is 0 Å². The lowest BCUT2D eigenvalue weighted by molar-refractivity contribution is 1.31. The van der Waals surface area contributed by atoms with Crippen LogP contribution in [0.5, 0.6) is 0 Å². The predicted molar refractivity (Wildman–Crippen MR) is 55.1 cm³/mol. The Morgan fingerprint density at radius 2 is 2.09 bits per heavy atom. The number of hydrogen-bond donors (Lipinski definition) is 0. The summed E-state index contributed by atoms with van der Waals surface area (Å²) in [6.07, 6.45) is 0. The van der Waals surface area contributed by atoms with Gasteiger partial charge >= 0.3 is 0 Å². The highest BCUT2D eigenvalue weighted by Crippen LogP contribution is 2.22. The summed E-state index contributed by atoms with van der Waals surface area (Å²) in [6, 6.07) is 8.34. The minimum absolute atomic E-state index is 1.31. The summed E-state index contributed by atoms with van der Waals surface area (Å²) in [5.74, 6) is 0. The van der Waals surface area contributed by atoms with E-state index in [1.165, 1.54) is 10.5 Å². The molecular formula is C9H9BrS. The molecule has 0 atom stereocenters. The lowest BCUT2D eigenvalue weighted by atomic mass is 10.2. The number of hydrogen-bond acceptors (Lipinski definition) is 1.